The minimum atomic E-state index is -0.0631. The second-order valence-electron chi connectivity index (χ2n) is 5.72. The van der Waals surface area contributed by atoms with E-state index in [0.29, 0.717) is 6.42 Å². The van der Waals surface area contributed by atoms with Crippen LogP contribution in [0.1, 0.15) is 46.1 Å². The summed E-state index contributed by atoms with van der Waals surface area (Å²) in [5, 5.41) is 2.96. The number of nitrogens with one attached hydrogen (secondary N) is 1. The van der Waals surface area contributed by atoms with Gasteiger partial charge in [0.25, 0.3) is 0 Å². The molecule has 3 nitrogen and oxygen atoms in total. The van der Waals surface area contributed by atoms with Gasteiger partial charge < -0.3 is 11.1 Å². The minimum absolute atomic E-state index is 0.0107. The predicted molar refractivity (Wildman–Crippen MR) is 76.7 cm³/mol. The summed E-state index contributed by atoms with van der Waals surface area (Å²) in [6.07, 6.45) is 1.18. The highest BCUT2D eigenvalue weighted by Gasteiger charge is 2.18. The SMILES string of the molecule is CCC(N)CC(=O)Nc1ccccc1C(C)(C)C. The van der Waals surface area contributed by atoms with Crippen molar-refractivity contribution in [1.29, 1.82) is 0 Å². The summed E-state index contributed by atoms with van der Waals surface area (Å²) in [4.78, 5) is 11.9. The number of rotatable bonds is 4. The van der Waals surface area contributed by atoms with Crippen LogP contribution in [-0.4, -0.2) is 11.9 Å². The van der Waals surface area contributed by atoms with Gasteiger partial charge in [-0.2, -0.15) is 0 Å². The van der Waals surface area contributed by atoms with Crippen molar-refractivity contribution in [3.63, 3.8) is 0 Å². The Balaban J connectivity index is 2.82. The van der Waals surface area contributed by atoms with Crippen LogP contribution in [0.25, 0.3) is 0 Å². The molecule has 0 aliphatic carbocycles. The molecular formula is C15H24N2O. The first-order valence-electron chi connectivity index (χ1n) is 6.49. The van der Waals surface area contributed by atoms with E-state index in [0.717, 1.165) is 17.7 Å². The highest BCUT2D eigenvalue weighted by Crippen LogP contribution is 2.29. The third-order valence-electron chi connectivity index (χ3n) is 2.98. The number of carbonyl (C=O) groups excluding carboxylic acids is 1. The van der Waals surface area contributed by atoms with Gasteiger partial charge in [0.15, 0.2) is 0 Å². The smallest absolute Gasteiger partial charge is 0.225 e. The van der Waals surface area contributed by atoms with E-state index in [1.807, 2.05) is 25.1 Å². The molecule has 1 amide bonds. The molecule has 1 atom stereocenters. The summed E-state index contributed by atoms with van der Waals surface area (Å²) in [6, 6.07) is 7.86. The van der Waals surface area contributed by atoms with Crippen molar-refractivity contribution >= 4 is 11.6 Å². The largest absolute Gasteiger partial charge is 0.327 e. The van der Waals surface area contributed by atoms with E-state index in [-0.39, 0.29) is 17.4 Å². The summed E-state index contributed by atoms with van der Waals surface area (Å²) in [5.41, 5.74) is 7.83. The number of para-hydroxylation sites is 1. The molecule has 0 spiro atoms. The lowest BCUT2D eigenvalue weighted by Crippen LogP contribution is -2.27. The first kappa shape index (κ1) is 14.7. The van der Waals surface area contributed by atoms with Crippen molar-refractivity contribution in [2.75, 3.05) is 5.32 Å². The van der Waals surface area contributed by atoms with Crippen LogP contribution in [0.4, 0.5) is 5.69 Å². The zero-order valence-corrected chi connectivity index (χ0v) is 11.8. The van der Waals surface area contributed by atoms with Crippen molar-refractivity contribution in [3.8, 4) is 0 Å². The van der Waals surface area contributed by atoms with Crippen LogP contribution >= 0.6 is 0 Å². The lowest BCUT2D eigenvalue weighted by Gasteiger charge is -2.23. The van der Waals surface area contributed by atoms with Crippen LogP contribution in [-0.2, 0) is 10.2 Å². The second-order valence-corrected chi connectivity index (χ2v) is 5.72. The number of benzene rings is 1. The lowest BCUT2D eigenvalue weighted by molar-refractivity contribution is -0.116. The average molecular weight is 248 g/mol. The van der Waals surface area contributed by atoms with E-state index >= 15 is 0 Å². The van der Waals surface area contributed by atoms with Crippen molar-refractivity contribution in [2.45, 2.75) is 52.0 Å². The highest BCUT2D eigenvalue weighted by atomic mass is 16.1. The van der Waals surface area contributed by atoms with Gasteiger partial charge in [0.2, 0.25) is 5.91 Å². The van der Waals surface area contributed by atoms with E-state index in [4.69, 9.17) is 5.73 Å². The third-order valence-corrected chi connectivity index (χ3v) is 2.98. The molecule has 1 unspecified atom stereocenters. The Morgan fingerprint density at radius 3 is 2.50 bits per heavy atom. The zero-order valence-electron chi connectivity index (χ0n) is 11.8. The molecule has 1 aromatic rings. The minimum Gasteiger partial charge on any atom is -0.327 e. The van der Waals surface area contributed by atoms with Gasteiger partial charge in [-0.05, 0) is 23.5 Å². The standard InChI is InChI=1S/C15H24N2O/c1-5-11(16)10-14(18)17-13-9-7-6-8-12(13)15(2,3)4/h6-9,11H,5,10,16H2,1-4H3,(H,17,18). The van der Waals surface area contributed by atoms with Crippen LogP contribution in [0.5, 0.6) is 0 Å². The molecule has 0 aromatic heterocycles. The average Bonchev–Trinajstić information content (AvgIpc) is 2.27. The molecule has 0 heterocycles. The Bertz CT molecular complexity index is 407. The number of anilines is 1. The fourth-order valence-electron chi connectivity index (χ4n) is 1.83. The molecular weight excluding hydrogens is 224 g/mol. The second kappa shape index (κ2) is 6.01. The lowest BCUT2D eigenvalue weighted by atomic mass is 9.86. The Morgan fingerprint density at radius 1 is 1.33 bits per heavy atom. The van der Waals surface area contributed by atoms with Gasteiger partial charge in [0, 0.05) is 18.2 Å². The maximum Gasteiger partial charge on any atom is 0.225 e. The van der Waals surface area contributed by atoms with E-state index < -0.39 is 0 Å². The maximum atomic E-state index is 11.9. The first-order valence-corrected chi connectivity index (χ1v) is 6.49. The van der Waals surface area contributed by atoms with Gasteiger partial charge >= 0.3 is 0 Å². The third kappa shape index (κ3) is 4.15. The number of hydrogen-bond donors (Lipinski definition) is 2. The summed E-state index contributed by atoms with van der Waals surface area (Å²) in [6.45, 7) is 8.39. The molecule has 0 bridgehead atoms. The van der Waals surface area contributed by atoms with Gasteiger partial charge in [0.1, 0.15) is 0 Å². The fourth-order valence-corrected chi connectivity index (χ4v) is 1.83. The number of nitrogens with two attached hydrogens (primary N) is 1. The normalized spacial score (nSPS) is 13.2. The topological polar surface area (TPSA) is 55.1 Å². The molecule has 100 valence electrons. The molecule has 0 radical (unpaired) electrons. The van der Waals surface area contributed by atoms with E-state index in [1.54, 1.807) is 0 Å². The van der Waals surface area contributed by atoms with Crippen molar-refractivity contribution in [3.05, 3.63) is 29.8 Å². The number of hydrogen-bond acceptors (Lipinski definition) is 2. The Labute approximate surface area is 110 Å². The molecule has 3 heteroatoms. The molecule has 0 aliphatic rings. The Kier molecular flexibility index (Phi) is 4.91. The van der Waals surface area contributed by atoms with Gasteiger partial charge in [-0.15, -0.1) is 0 Å². The van der Waals surface area contributed by atoms with Gasteiger partial charge in [-0.1, -0.05) is 45.9 Å². The Morgan fingerprint density at radius 2 is 1.94 bits per heavy atom. The maximum absolute atomic E-state index is 11.9. The molecule has 1 rings (SSSR count). The monoisotopic (exact) mass is 248 g/mol. The quantitative estimate of drug-likeness (QED) is 0.860. The predicted octanol–water partition coefficient (Wildman–Crippen LogP) is 3.05. The molecule has 1 aromatic carbocycles. The summed E-state index contributed by atoms with van der Waals surface area (Å²) in [5.74, 6) is -0.0129. The first-order chi connectivity index (χ1) is 8.34. The van der Waals surface area contributed by atoms with Crippen molar-refractivity contribution < 1.29 is 4.79 Å². The van der Waals surface area contributed by atoms with Crippen LogP contribution < -0.4 is 11.1 Å². The van der Waals surface area contributed by atoms with Crippen LogP contribution in [0.3, 0.4) is 0 Å². The van der Waals surface area contributed by atoms with E-state index in [9.17, 15) is 4.79 Å². The Hall–Kier alpha value is -1.35. The molecule has 0 saturated carbocycles. The number of carbonyl (C=O) groups is 1. The van der Waals surface area contributed by atoms with Crippen LogP contribution in [0, 0.1) is 0 Å². The summed E-state index contributed by atoms with van der Waals surface area (Å²) in [7, 11) is 0. The number of amides is 1. The van der Waals surface area contributed by atoms with Crippen LogP contribution in [0.2, 0.25) is 0 Å². The highest BCUT2D eigenvalue weighted by molar-refractivity contribution is 5.92. The zero-order chi connectivity index (χ0) is 13.8. The molecule has 0 aliphatic heterocycles. The van der Waals surface area contributed by atoms with E-state index in [2.05, 4.69) is 32.2 Å². The summed E-state index contributed by atoms with van der Waals surface area (Å²) < 4.78 is 0. The summed E-state index contributed by atoms with van der Waals surface area (Å²) >= 11 is 0. The molecule has 3 N–H and O–H groups in total. The molecule has 0 saturated heterocycles. The van der Waals surface area contributed by atoms with Crippen molar-refractivity contribution in [1.82, 2.24) is 0 Å². The van der Waals surface area contributed by atoms with E-state index in [1.165, 1.54) is 0 Å². The van der Waals surface area contributed by atoms with Gasteiger partial charge in [-0.3, -0.25) is 4.79 Å². The molecule has 18 heavy (non-hydrogen) atoms. The van der Waals surface area contributed by atoms with Crippen molar-refractivity contribution in [2.24, 2.45) is 5.73 Å². The van der Waals surface area contributed by atoms with Gasteiger partial charge in [-0.25, -0.2) is 0 Å². The molecule has 0 fully saturated rings. The fraction of sp³-hybridized carbons (Fsp3) is 0.533. The van der Waals surface area contributed by atoms with Gasteiger partial charge in [0.05, 0.1) is 0 Å². The van der Waals surface area contributed by atoms with Crippen LogP contribution in [0.15, 0.2) is 24.3 Å².